The number of hydrogen-bond acceptors (Lipinski definition) is 2. The Morgan fingerprint density at radius 3 is 2.26 bits per heavy atom. The predicted molar refractivity (Wildman–Crippen MR) is 80.2 cm³/mol. The lowest BCUT2D eigenvalue weighted by Gasteiger charge is -2.41. The second-order valence-corrected chi connectivity index (χ2v) is 7.35. The summed E-state index contributed by atoms with van der Waals surface area (Å²) in [5, 5.41) is 4.74. The maximum absolute atomic E-state index is 6.38. The zero-order valence-electron chi connectivity index (χ0n) is 13.3. The normalized spacial score (nSPS) is 28.7. The number of aryl methyl sites for hydroxylation is 1. The summed E-state index contributed by atoms with van der Waals surface area (Å²) in [6, 6.07) is 0.612. The first-order chi connectivity index (χ1) is 8.71. The van der Waals surface area contributed by atoms with E-state index >= 15 is 0 Å². The van der Waals surface area contributed by atoms with Crippen LogP contribution in [-0.2, 0) is 0 Å². The number of nitrogens with two attached hydrogens (primary N) is 1. The molecule has 3 atom stereocenters. The molecule has 1 saturated carbocycles. The highest BCUT2D eigenvalue weighted by Gasteiger charge is 2.36. The van der Waals surface area contributed by atoms with Crippen molar-refractivity contribution in [1.82, 2.24) is 9.78 Å². The number of aromatic nitrogens is 2. The second kappa shape index (κ2) is 4.93. The van der Waals surface area contributed by atoms with Crippen LogP contribution in [0.3, 0.4) is 0 Å². The highest BCUT2D eigenvalue weighted by Crippen LogP contribution is 2.42. The van der Waals surface area contributed by atoms with Crippen LogP contribution < -0.4 is 5.73 Å². The SMILES string of the molecule is Cc1nn(C2CC(C(C)(C)C)CCC2N)c(C)c1C. The van der Waals surface area contributed by atoms with Crippen molar-refractivity contribution in [3.63, 3.8) is 0 Å². The summed E-state index contributed by atoms with van der Waals surface area (Å²) < 4.78 is 2.20. The molecule has 1 aromatic heterocycles. The van der Waals surface area contributed by atoms with Crippen molar-refractivity contribution in [2.24, 2.45) is 17.1 Å². The van der Waals surface area contributed by atoms with Gasteiger partial charge in [-0.2, -0.15) is 5.10 Å². The topological polar surface area (TPSA) is 43.8 Å². The van der Waals surface area contributed by atoms with Crippen LogP contribution >= 0.6 is 0 Å². The van der Waals surface area contributed by atoms with Crippen molar-refractivity contribution < 1.29 is 0 Å². The predicted octanol–water partition coefficient (Wildman–Crippen LogP) is 3.52. The van der Waals surface area contributed by atoms with Gasteiger partial charge in [0.05, 0.1) is 11.7 Å². The van der Waals surface area contributed by atoms with Gasteiger partial charge in [-0.05, 0) is 56.9 Å². The zero-order chi connectivity index (χ0) is 14.4. The summed E-state index contributed by atoms with van der Waals surface area (Å²) in [5.74, 6) is 0.738. The molecule has 0 amide bonds. The molecule has 3 unspecified atom stereocenters. The van der Waals surface area contributed by atoms with E-state index in [1.54, 1.807) is 0 Å². The first-order valence-corrected chi connectivity index (χ1v) is 7.49. The van der Waals surface area contributed by atoms with Gasteiger partial charge in [0, 0.05) is 11.7 Å². The molecule has 0 radical (unpaired) electrons. The van der Waals surface area contributed by atoms with E-state index < -0.39 is 0 Å². The maximum atomic E-state index is 6.38. The summed E-state index contributed by atoms with van der Waals surface area (Å²) >= 11 is 0. The Labute approximate surface area is 117 Å². The van der Waals surface area contributed by atoms with Crippen LogP contribution in [-0.4, -0.2) is 15.8 Å². The Bertz CT molecular complexity index is 453. The molecule has 0 saturated heterocycles. The van der Waals surface area contributed by atoms with Crippen LogP contribution in [0.5, 0.6) is 0 Å². The van der Waals surface area contributed by atoms with Gasteiger partial charge in [-0.1, -0.05) is 20.8 Å². The fourth-order valence-electron chi connectivity index (χ4n) is 3.31. The Hall–Kier alpha value is -0.830. The van der Waals surface area contributed by atoms with Gasteiger partial charge in [-0.15, -0.1) is 0 Å². The van der Waals surface area contributed by atoms with Crippen molar-refractivity contribution in [3.8, 4) is 0 Å². The van der Waals surface area contributed by atoms with Crippen molar-refractivity contribution in [1.29, 1.82) is 0 Å². The third-order valence-corrected chi connectivity index (χ3v) is 5.09. The third-order valence-electron chi connectivity index (χ3n) is 5.09. The van der Waals surface area contributed by atoms with Gasteiger partial charge in [0.25, 0.3) is 0 Å². The van der Waals surface area contributed by atoms with Gasteiger partial charge < -0.3 is 5.73 Å². The molecule has 1 aliphatic rings. The van der Waals surface area contributed by atoms with E-state index in [0.717, 1.165) is 24.5 Å². The second-order valence-electron chi connectivity index (χ2n) is 7.35. The van der Waals surface area contributed by atoms with E-state index in [1.807, 2.05) is 0 Å². The average Bonchev–Trinajstić information content (AvgIpc) is 2.56. The first-order valence-electron chi connectivity index (χ1n) is 7.49. The van der Waals surface area contributed by atoms with E-state index in [0.29, 0.717) is 11.5 Å². The van der Waals surface area contributed by atoms with Gasteiger partial charge in [0.2, 0.25) is 0 Å². The Balaban J connectivity index is 2.29. The highest BCUT2D eigenvalue weighted by molar-refractivity contribution is 5.23. The third kappa shape index (κ3) is 2.71. The zero-order valence-corrected chi connectivity index (χ0v) is 13.3. The molecule has 0 bridgehead atoms. The van der Waals surface area contributed by atoms with Crippen molar-refractivity contribution in [3.05, 3.63) is 17.0 Å². The molecule has 2 rings (SSSR count). The molecule has 2 N–H and O–H groups in total. The number of hydrogen-bond donors (Lipinski definition) is 1. The van der Waals surface area contributed by atoms with E-state index in [2.05, 4.69) is 46.2 Å². The summed E-state index contributed by atoms with van der Waals surface area (Å²) in [4.78, 5) is 0. The van der Waals surface area contributed by atoms with Crippen LogP contribution in [0.2, 0.25) is 0 Å². The fraction of sp³-hybridized carbons (Fsp3) is 0.812. The van der Waals surface area contributed by atoms with Gasteiger partial charge in [-0.25, -0.2) is 0 Å². The molecule has 1 heterocycles. The summed E-state index contributed by atoms with van der Waals surface area (Å²) in [6.07, 6.45) is 3.52. The molecular weight excluding hydrogens is 234 g/mol. The first kappa shape index (κ1) is 14.6. The molecular formula is C16H29N3. The molecule has 1 fully saturated rings. The Kier molecular flexibility index (Phi) is 3.78. The standard InChI is InChI=1S/C16H29N3/c1-10-11(2)18-19(12(10)3)15-9-13(16(4,5)6)7-8-14(15)17/h13-15H,7-9,17H2,1-6H3. The average molecular weight is 263 g/mol. The van der Waals surface area contributed by atoms with Crippen molar-refractivity contribution >= 4 is 0 Å². The van der Waals surface area contributed by atoms with E-state index in [4.69, 9.17) is 10.8 Å². The Morgan fingerprint density at radius 1 is 1.16 bits per heavy atom. The van der Waals surface area contributed by atoms with Crippen LogP contribution in [0.15, 0.2) is 0 Å². The smallest absolute Gasteiger partial charge is 0.0676 e. The molecule has 1 aromatic rings. The maximum Gasteiger partial charge on any atom is 0.0676 e. The van der Waals surface area contributed by atoms with E-state index in [-0.39, 0.29) is 6.04 Å². The monoisotopic (exact) mass is 263 g/mol. The molecule has 3 heteroatoms. The lowest BCUT2D eigenvalue weighted by molar-refractivity contribution is 0.123. The van der Waals surface area contributed by atoms with Crippen LogP contribution in [0.25, 0.3) is 0 Å². The summed E-state index contributed by atoms with van der Waals surface area (Å²) in [6.45, 7) is 13.5. The molecule has 0 spiro atoms. The van der Waals surface area contributed by atoms with Crippen LogP contribution in [0.4, 0.5) is 0 Å². The Morgan fingerprint density at radius 2 is 1.79 bits per heavy atom. The van der Waals surface area contributed by atoms with Gasteiger partial charge >= 0.3 is 0 Å². The van der Waals surface area contributed by atoms with Crippen molar-refractivity contribution in [2.75, 3.05) is 0 Å². The quantitative estimate of drug-likeness (QED) is 0.842. The minimum absolute atomic E-state index is 0.246. The number of rotatable bonds is 1. The molecule has 0 aromatic carbocycles. The van der Waals surface area contributed by atoms with Gasteiger partial charge in [-0.3, -0.25) is 4.68 Å². The lowest BCUT2D eigenvalue weighted by Crippen LogP contribution is -2.41. The molecule has 1 aliphatic carbocycles. The van der Waals surface area contributed by atoms with Gasteiger partial charge in [0.1, 0.15) is 0 Å². The highest BCUT2D eigenvalue weighted by atomic mass is 15.3. The van der Waals surface area contributed by atoms with E-state index in [9.17, 15) is 0 Å². The fourth-order valence-corrected chi connectivity index (χ4v) is 3.31. The molecule has 0 aliphatic heterocycles. The van der Waals surface area contributed by atoms with Crippen LogP contribution in [0, 0.1) is 32.1 Å². The minimum Gasteiger partial charge on any atom is -0.326 e. The van der Waals surface area contributed by atoms with Crippen molar-refractivity contribution in [2.45, 2.75) is 72.9 Å². The molecule has 19 heavy (non-hydrogen) atoms. The summed E-state index contributed by atoms with van der Waals surface area (Å²) in [7, 11) is 0. The summed E-state index contributed by atoms with van der Waals surface area (Å²) in [5.41, 5.74) is 10.5. The largest absolute Gasteiger partial charge is 0.326 e. The lowest BCUT2D eigenvalue weighted by atomic mass is 9.70. The van der Waals surface area contributed by atoms with Gasteiger partial charge in [0.15, 0.2) is 0 Å². The van der Waals surface area contributed by atoms with Crippen LogP contribution in [0.1, 0.15) is 63.0 Å². The molecule has 3 nitrogen and oxygen atoms in total. The molecule has 108 valence electrons. The number of nitrogens with zero attached hydrogens (tertiary/aromatic N) is 2. The van der Waals surface area contributed by atoms with E-state index in [1.165, 1.54) is 17.7 Å². The minimum atomic E-state index is 0.246.